The van der Waals surface area contributed by atoms with E-state index < -0.39 is 0 Å². The van der Waals surface area contributed by atoms with E-state index in [1.165, 1.54) is 0 Å². The van der Waals surface area contributed by atoms with Crippen molar-refractivity contribution >= 4 is 23.4 Å². The van der Waals surface area contributed by atoms with Crippen LogP contribution in [0.2, 0.25) is 0 Å². The summed E-state index contributed by atoms with van der Waals surface area (Å²) >= 11 is 4.23. The Kier molecular flexibility index (Phi) is 2.82. The van der Waals surface area contributed by atoms with Crippen molar-refractivity contribution < 1.29 is 10.1 Å². The first-order chi connectivity index (χ1) is 3.66. The highest BCUT2D eigenvalue weighted by atomic mass is 32.1. The minimum atomic E-state index is -0.371. The largest absolute Gasteiger partial charge is 0.370 e. The second-order valence-corrected chi connectivity index (χ2v) is 1.29. The van der Waals surface area contributed by atoms with Gasteiger partial charge >= 0.3 is 5.17 Å². The van der Waals surface area contributed by atoms with Crippen LogP contribution in [0, 0.1) is 5.41 Å². The molecule has 0 aromatic rings. The van der Waals surface area contributed by atoms with E-state index >= 15 is 0 Å². The van der Waals surface area contributed by atoms with Crippen molar-refractivity contribution in [3.05, 3.63) is 0 Å². The fourth-order valence-electron chi connectivity index (χ4n) is 0.133. The van der Waals surface area contributed by atoms with Crippen molar-refractivity contribution in [3.8, 4) is 0 Å². The smallest absolute Gasteiger partial charge is 0.303 e. The van der Waals surface area contributed by atoms with E-state index in [2.05, 4.69) is 17.1 Å². The van der Waals surface area contributed by atoms with Gasteiger partial charge in [0.1, 0.15) is 0 Å². The van der Waals surface area contributed by atoms with Gasteiger partial charge in [-0.2, -0.15) is 0 Å². The number of nitrogens with two attached hydrogens (primary N) is 1. The molecule has 0 amide bonds. The van der Waals surface area contributed by atoms with Gasteiger partial charge in [0, 0.05) is 0 Å². The summed E-state index contributed by atoms with van der Waals surface area (Å²) in [6, 6.07) is 0. The molecule has 0 aliphatic carbocycles. The standard InChI is InChI=1S/C2H5N3O2S/c3-1(4)5-2(8)7-6/h6H,(H4,3,4,5,8). The van der Waals surface area contributed by atoms with Crippen LogP contribution in [0.4, 0.5) is 0 Å². The van der Waals surface area contributed by atoms with Crippen LogP contribution in [-0.2, 0) is 4.89 Å². The highest BCUT2D eigenvalue weighted by Gasteiger charge is 1.92. The van der Waals surface area contributed by atoms with Gasteiger partial charge in [-0.15, -0.1) is 0 Å². The number of thiocarbonyl (C=S) groups is 1. The van der Waals surface area contributed by atoms with Crippen molar-refractivity contribution in [1.29, 1.82) is 5.41 Å². The van der Waals surface area contributed by atoms with Gasteiger partial charge in [0.15, 0.2) is 5.96 Å². The van der Waals surface area contributed by atoms with Crippen LogP contribution in [0.25, 0.3) is 0 Å². The summed E-state index contributed by atoms with van der Waals surface area (Å²) in [4.78, 5) is 3.46. The first-order valence-corrected chi connectivity index (χ1v) is 2.04. The normalized spacial score (nSPS) is 7.62. The zero-order valence-electron chi connectivity index (χ0n) is 3.84. The number of hydrogen-bond acceptors (Lipinski definition) is 4. The molecule has 0 fully saturated rings. The van der Waals surface area contributed by atoms with E-state index in [4.69, 9.17) is 16.4 Å². The Hall–Kier alpha value is -0.880. The molecule has 5 nitrogen and oxygen atoms in total. The van der Waals surface area contributed by atoms with Gasteiger partial charge < -0.3 is 10.6 Å². The van der Waals surface area contributed by atoms with Gasteiger partial charge in [0.25, 0.3) is 0 Å². The summed E-state index contributed by atoms with van der Waals surface area (Å²) in [5, 5.41) is 15.9. The molecule has 5 N–H and O–H groups in total. The molecule has 0 atom stereocenters. The Bertz CT molecular complexity index is 114. The second kappa shape index (κ2) is 3.16. The van der Waals surface area contributed by atoms with Crippen molar-refractivity contribution in [2.45, 2.75) is 0 Å². The fraction of sp³-hybridized carbons (Fsp3) is 0. The molecule has 0 bridgehead atoms. The predicted molar refractivity (Wildman–Crippen MR) is 31.4 cm³/mol. The summed E-state index contributed by atoms with van der Waals surface area (Å²) < 4.78 is 0. The third-order valence-corrected chi connectivity index (χ3v) is 0.496. The van der Waals surface area contributed by atoms with Crippen LogP contribution in [-0.4, -0.2) is 16.4 Å². The molecule has 0 aliphatic rings. The molecule has 0 saturated heterocycles. The summed E-state index contributed by atoms with van der Waals surface area (Å²) in [7, 11) is 0. The zero-order chi connectivity index (χ0) is 6.57. The highest BCUT2D eigenvalue weighted by molar-refractivity contribution is 7.80. The molecular weight excluding hydrogens is 130 g/mol. The summed E-state index contributed by atoms with van der Waals surface area (Å²) in [6.07, 6.45) is 0. The van der Waals surface area contributed by atoms with E-state index in [1.807, 2.05) is 5.32 Å². The van der Waals surface area contributed by atoms with E-state index in [0.29, 0.717) is 0 Å². The molecular formula is C2H5N3O2S. The second-order valence-electron chi connectivity index (χ2n) is 0.917. The van der Waals surface area contributed by atoms with Gasteiger partial charge in [-0.05, 0) is 12.2 Å². The zero-order valence-corrected chi connectivity index (χ0v) is 4.66. The Balaban J connectivity index is 3.40. The average Bonchev–Trinajstić information content (AvgIpc) is 1.65. The third kappa shape index (κ3) is 3.32. The number of rotatable bonds is 0. The minimum absolute atomic E-state index is 0.336. The molecule has 0 aliphatic heterocycles. The average molecular weight is 135 g/mol. The molecule has 0 spiro atoms. The summed E-state index contributed by atoms with van der Waals surface area (Å²) in [6.45, 7) is 0. The van der Waals surface area contributed by atoms with Crippen LogP contribution >= 0.6 is 12.2 Å². The van der Waals surface area contributed by atoms with Gasteiger partial charge in [0.05, 0.1) is 0 Å². The Morgan fingerprint density at radius 1 is 1.88 bits per heavy atom. The third-order valence-electron chi connectivity index (χ3n) is 0.320. The molecule has 0 aromatic heterocycles. The van der Waals surface area contributed by atoms with Gasteiger partial charge in [-0.3, -0.25) is 10.7 Å². The Labute approximate surface area is 50.9 Å². The Morgan fingerprint density at radius 3 is 2.50 bits per heavy atom. The first-order valence-electron chi connectivity index (χ1n) is 1.63. The minimum Gasteiger partial charge on any atom is -0.370 e. The maximum Gasteiger partial charge on any atom is 0.303 e. The van der Waals surface area contributed by atoms with E-state index in [0.717, 1.165) is 0 Å². The lowest BCUT2D eigenvalue weighted by molar-refractivity contribution is -0.154. The van der Waals surface area contributed by atoms with Crippen LogP contribution in [0.3, 0.4) is 0 Å². The molecule has 0 heterocycles. The summed E-state index contributed by atoms with van der Waals surface area (Å²) in [5.41, 5.74) is 4.76. The molecule has 8 heavy (non-hydrogen) atoms. The maximum atomic E-state index is 7.73. The van der Waals surface area contributed by atoms with Crippen LogP contribution in [0.5, 0.6) is 0 Å². The van der Waals surface area contributed by atoms with Gasteiger partial charge in [0.2, 0.25) is 0 Å². The number of nitrogens with one attached hydrogen (secondary N) is 2. The lowest BCUT2D eigenvalue weighted by Gasteiger charge is -1.98. The SMILES string of the molecule is N=C(N)NC(=S)OO. The van der Waals surface area contributed by atoms with Gasteiger partial charge in [-0.1, -0.05) is 0 Å². The molecule has 0 radical (unpaired) electrons. The topological polar surface area (TPSA) is 91.4 Å². The highest BCUT2D eigenvalue weighted by Crippen LogP contribution is 1.67. The maximum absolute atomic E-state index is 7.73. The lowest BCUT2D eigenvalue weighted by Crippen LogP contribution is -2.35. The lowest BCUT2D eigenvalue weighted by atomic mass is 11.0. The monoisotopic (exact) mass is 135 g/mol. The van der Waals surface area contributed by atoms with Crippen molar-refractivity contribution in [2.75, 3.05) is 0 Å². The molecule has 0 rings (SSSR count). The first kappa shape index (κ1) is 7.12. The number of guanidine groups is 1. The van der Waals surface area contributed by atoms with E-state index in [1.54, 1.807) is 0 Å². The predicted octanol–water partition coefficient (Wildman–Crippen LogP) is -0.756. The summed E-state index contributed by atoms with van der Waals surface area (Å²) in [5.74, 6) is -0.371. The Morgan fingerprint density at radius 2 is 2.38 bits per heavy atom. The molecule has 0 aromatic carbocycles. The van der Waals surface area contributed by atoms with Crippen molar-refractivity contribution in [1.82, 2.24) is 5.32 Å². The van der Waals surface area contributed by atoms with Crippen LogP contribution in [0.1, 0.15) is 0 Å². The molecule has 0 saturated carbocycles. The van der Waals surface area contributed by atoms with Crippen molar-refractivity contribution in [3.63, 3.8) is 0 Å². The van der Waals surface area contributed by atoms with Crippen LogP contribution in [0.15, 0.2) is 0 Å². The van der Waals surface area contributed by atoms with Crippen LogP contribution < -0.4 is 11.1 Å². The molecule has 0 unspecified atom stereocenters. The van der Waals surface area contributed by atoms with E-state index in [9.17, 15) is 0 Å². The van der Waals surface area contributed by atoms with Crippen molar-refractivity contribution in [2.24, 2.45) is 5.73 Å². The van der Waals surface area contributed by atoms with E-state index in [-0.39, 0.29) is 11.1 Å². The quantitative estimate of drug-likeness (QED) is 0.115. The number of hydrogen-bond donors (Lipinski definition) is 4. The fourth-order valence-corrected chi connectivity index (χ4v) is 0.243. The van der Waals surface area contributed by atoms with Gasteiger partial charge in [-0.25, -0.2) is 5.26 Å². The molecule has 6 heteroatoms. The molecule has 46 valence electrons.